The minimum Gasteiger partial charge on any atom is -0.492 e. The van der Waals surface area contributed by atoms with Crippen molar-refractivity contribution in [2.24, 2.45) is 11.8 Å². The van der Waals surface area contributed by atoms with Crippen molar-refractivity contribution in [2.45, 2.75) is 71.4 Å². The summed E-state index contributed by atoms with van der Waals surface area (Å²) in [4.78, 5) is 12.8. The van der Waals surface area contributed by atoms with Gasteiger partial charge in [-0.3, -0.25) is 4.79 Å². The molecule has 3 atom stereocenters. The summed E-state index contributed by atoms with van der Waals surface area (Å²) < 4.78 is 11.9. The average Bonchev–Trinajstić information content (AvgIpc) is 2.94. The minimum atomic E-state index is -0.341. The number of carbonyl (C=O) groups is 1. The first-order valence-corrected chi connectivity index (χ1v) is 14.9. The highest BCUT2D eigenvalue weighted by Gasteiger charge is 2.31. The van der Waals surface area contributed by atoms with Crippen LogP contribution in [0.2, 0.25) is 5.02 Å². The van der Waals surface area contributed by atoms with E-state index in [4.69, 9.17) is 21.1 Å². The molecule has 40 heavy (non-hydrogen) atoms. The highest BCUT2D eigenvalue weighted by Crippen LogP contribution is 2.42. The van der Waals surface area contributed by atoms with Gasteiger partial charge in [-0.1, -0.05) is 38.3 Å². The van der Waals surface area contributed by atoms with Crippen LogP contribution >= 0.6 is 11.6 Å². The van der Waals surface area contributed by atoms with E-state index >= 15 is 0 Å². The zero-order chi connectivity index (χ0) is 28.5. The van der Waals surface area contributed by atoms with E-state index in [0.29, 0.717) is 60.3 Å². The number of benzene rings is 2. The quantitative estimate of drug-likeness (QED) is 0.225. The van der Waals surface area contributed by atoms with Gasteiger partial charge >= 0.3 is 0 Å². The molecule has 0 radical (unpaired) electrons. The average molecular weight is 568 g/mol. The van der Waals surface area contributed by atoms with E-state index < -0.39 is 0 Å². The molecule has 9 heteroatoms. The predicted octanol–water partition coefficient (Wildman–Crippen LogP) is 6.74. The number of halogens is 1. The van der Waals surface area contributed by atoms with Crippen LogP contribution in [-0.2, 0) is 4.79 Å². The van der Waals surface area contributed by atoms with Crippen LogP contribution in [0, 0.1) is 23.2 Å². The van der Waals surface area contributed by atoms with Crippen LogP contribution in [0.3, 0.4) is 0 Å². The molecular formula is C31H42ClN5O3. The SMILES string of the molecule is CCOc1cc2c(cc1NC(=O)CCCC(C)C)C(Nc1ccc(OCC3CCCCN3)c(Cl)c1)C(C#N)CN2. The molecule has 3 unspecified atom stereocenters. The number of hydrogen-bond acceptors (Lipinski definition) is 7. The van der Waals surface area contributed by atoms with Gasteiger partial charge in [0.1, 0.15) is 18.1 Å². The predicted molar refractivity (Wildman–Crippen MR) is 161 cm³/mol. The van der Waals surface area contributed by atoms with E-state index in [-0.39, 0.29) is 17.9 Å². The van der Waals surface area contributed by atoms with Gasteiger partial charge in [0.15, 0.2) is 0 Å². The first kappa shape index (κ1) is 29.8. The molecule has 2 aliphatic rings. The Morgan fingerprint density at radius 1 is 1.20 bits per heavy atom. The largest absolute Gasteiger partial charge is 0.492 e. The number of anilines is 3. The van der Waals surface area contributed by atoms with Crippen LogP contribution < -0.4 is 30.7 Å². The van der Waals surface area contributed by atoms with Gasteiger partial charge in [-0.2, -0.15) is 5.26 Å². The van der Waals surface area contributed by atoms with Gasteiger partial charge in [0, 0.05) is 42.0 Å². The number of fused-ring (bicyclic) bond motifs is 1. The van der Waals surface area contributed by atoms with E-state index in [0.717, 1.165) is 42.7 Å². The van der Waals surface area contributed by atoms with Crippen molar-refractivity contribution in [1.82, 2.24) is 5.32 Å². The van der Waals surface area contributed by atoms with Gasteiger partial charge in [-0.15, -0.1) is 0 Å². The molecule has 0 aliphatic carbocycles. The van der Waals surface area contributed by atoms with Gasteiger partial charge in [0.2, 0.25) is 5.91 Å². The fourth-order valence-corrected chi connectivity index (χ4v) is 5.50. The van der Waals surface area contributed by atoms with E-state index in [1.165, 1.54) is 12.8 Å². The van der Waals surface area contributed by atoms with Crippen molar-refractivity contribution >= 4 is 34.6 Å². The van der Waals surface area contributed by atoms with Crippen LogP contribution in [0.5, 0.6) is 11.5 Å². The maximum Gasteiger partial charge on any atom is 0.224 e. The standard InChI is InChI=1S/C31H42ClN5O3/c1-4-39-29-16-26-24(15-27(29)37-30(38)10-7-8-20(2)3)31(21(17-33)18-35-26)36-22-11-12-28(25(32)14-22)40-19-23-9-5-6-13-34-23/h11-12,14-16,20-21,23,31,34-36H,4-10,13,18-19H2,1-3H3,(H,37,38). The second-order valence-corrected chi connectivity index (χ2v) is 11.5. The van der Waals surface area contributed by atoms with E-state index in [9.17, 15) is 10.1 Å². The number of ether oxygens (including phenoxy) is 2. The summed E-state index contributed by atoms with van der Waals surface area (Å²) in [6, 6.07) is 11.9. The third kappa shape index (κ3) is 7.96. The Balaban J connectivity index is 1.52. The molecule has 2 aromatic rings. The molecule has 1 fully saturated rings. The molecule has 1 amide bonds. The summed E-state index contributed by atoms with van der Waals surface area (Å²) >= 11 is 6.61. The molecule has 2 heterocycles. The van der Waals surface area contributed by atoms with Crippen LogP contribution in [-0.4, -0.2) is 38.3 Å². The topological polar surface area (TPSA) is 107 Å². The molecule has 216 valence electrons. The van der Waals surface area contributed by atoms with Gasteiger partial charge in [-0.05, 0) is 62.9 Å². The molecule has 2 aliphatic heterocycles. The first-order chi connectivity index (χ1) is 19.4. The third-order valence-electron chi connectivity index (χ3n) is 7.43. The lowest BCUT2D eigenvalue weighted by Crippen LogP contribution is -2.38. The lowest BCUT2D eigenvalue weighted by Gasteiger charge is -2.33. The molecule has 1 saturated heterocycles. The number of nitrogens with zero attached hydrogens (tertiary/aromatic N) is 1. The van der Waals surface area contributed by atoms with E-state index in [1.54, 1.807) is 0 Å². The smallest absolute Gasteiger partial charge is 0.224 e. The fraction of sp³-hybridized carbons (Fsp3) is 0.548. The molecule has 4 N–H and O–H groups in total. The lowest BCUT2D eigenvalue weighted by atomic mass is 9.88. The number of piperidine rings is 1. The third-order valence-corrected chi connectivity index (χ3v) is 7.73. The molecule has 8 nitrogen and oxygen atoms in total. The zero-order valence-electron chi connectivity index (χ0n) is 23.8. The zero-order valence-corrected chi connectivity index (χ0v) is 24.6. The van der Waals surface area contributed by atoms with Crippen LogP contribution in [0.1, 0.15) is 70.9 Å². The van der Waals surface area contributed by atoms with Gasteiger partial charge in [0.25, 0.3) is 0 Å². The van der Waals surface area contributed by atoms with Crippen molar-refractivity contribution < 1.29 is 14.3 Å². The Morgan fingerprint density at radius 3 is 2.75 bits per heavy atom. The minimum absolute atomic E-state index is 0.0440. The summed E-state index contributed by atoms with van der Waals surface area (Å²) in [5.74, 6) is 1.42. The molecular weight excluding hydrogens is 526 g/mol. The number of amides is 1. The van der Waals surface area contributed by atoms with E-state index in [1.807, 2.05) is 37.3 Å². The van der Waals surface area contributed by atoms with Crippen LogP contribution in [0.25, 0.3) is 0 Å². The van der Waals surface area contributed by atoms with Gasteiger partial charge < -0.3 is 30.7 Å². The number of nitrogens with one attached hydrogen (secondary N) is 4. The number of rotatable bonds is 12. The normalized spacial score (nSPS) is 20.1. The summed E-state index contributed by atoms with van der Waals surface area (Å²) in [5.41, 5.74) is 3.16. The van der Waals surface area contributed by atoms with Gasteiger partial charge in [-0.25, -0.2) is 0 Å². The molecule has 2 aromatic carbocycles. The van der Waals surface area contributed by atoms with Crippen LogP contribution in [0.4, 0.5) is 17.1 Å². The highest BCUT2D eigenvalue weighted by atomic mass is 35.5. The molecule has 0 spiro atoms. The van der Waals surface area contributed by atoms with Gasteiger partial charge in [0.05, 0.1) is 35.3 Å². The fourth-order valence-electron chi connectivity index (χ4n) is 5.26. The molecule has 0 saturated carbocycles. The van der Waals surface area contributed by atoms with E-state index in [2.05, 4.69) is 41.2 Å². The Labute approximate surface area is 243 Å². The van der Waals surface area contributed by atoms with Crippen molar-refractivity contribution in [2.75, 3.05) is 42.3 Å². The Kier molecular flexibility index (Phi) is 10.8. The molecule has 0 aromatic heterocycles. The lowest BCUT2D eigenvalue weighted by molar-refractivity contribution is -0.116. The number of hydrogen-bond donors (Lipinski definition) is 4. The van der Waals surface area contributed by atoms with Crippen molar-refractivity contribution in [1.29, 1.82) is 5.26 Å². The van der Waals surface area contributed by atoms with Crippen molar-refractivity contribution in [3.05, 3.63) is 40.9 Å². The summed E-state index contributed by atoms with van der Waals surface area (Å²) in [6.07, 6.45) is 5.81. The second-order valence-electron chi connectivity index (χ2n) is 11.0. The van der Waals surface area contributed by atoms with Crippen molar-refractivity contribution in [3.63, 3.8) is 0 Å². The maximum absolute atomic E-state index is 12.8. The molecule has 0 bridgehead atoms. The number of nitriles is 1. The second kappa shape index (κ2) is 14.5. The highest BCUT2D eigenvalue weighted by molar-refractivity contribution is 6.32. The summed E-state index contributed by atoms with van der Waals surface area (Å²) in [5, 5.41) is 23.9. The maximum atomic E-state index is 12.8. The molecule has 4 rings (SSSR count). The summed E-state index contributed by atoms with van der Waals surface area (Å²) in [6.45, 7) is 8.79. The van der Waals surface area contributed by atoms with Crippen molar-refractivity contribution in [3.8, 4) is 17.6 Å². The summed E-state index contributed by atoms with van der Waals surface area (Å²) in [7, 11) is 0. The Bertz CT molecular complexity index is 1190. The Hall–Kier alpha value is -3.15. The monoisotopic (exact) mass is 567 g/mol. The number of carbonyl (C=O) groups excluding carboxylic acids is 1. The first-order valence-electron chi connectivity index (χ1n) is 14.5. The Morgan fingerprint density at radius 2 is 2.05 bits per heavy atom. The van der Waals surface area contributed by atoms with Crippen LogP contribution in [0.15, 0.2) is 30.3 Å².